The lowest BCUT2D eigenvalue weighted by Crippen LogP contribution is -2.48. The maximum atomic E-state index is 11.7. The Kier molecular flexibility index (Phi) is 9.17. The first kappa shape index (κ1) is 16.8. The Balaban J connectivity index is 4.14. The van der Waals surface area contributed by atoms with Gasteiger partial charge in [0.05, 0.1) is 6.04 Å². The van der Waals surface area contributed by atoms with E-state index in [9.17, 15) is 9.59 Å². The van der Waals surface area contributed by atoms with Crippen LogP contribution in [0.15, 0.2) is 0 Å². The predicted octanol–water partition coefficient (Wildman–Crippen LogP) is -1.52. The van der Waals surface area contributed by atoms with Gasteiger partial charge in [-0.25, -0.2) is 0 Å². The quantitative estimate of drug-likeness (QED) is 0.351. The van der Waals surface area contributed by atoms with Crippen LogP contribution in [-0.2, 0) is 9.59 Å². The number of hydrogen-bond acceptors (Lipinski definition) is 5. The number of hydrogen-bond donors (Lipinski definition) is 4. The third kappa shape index (κ3) is 7.21. The standard InChI is InChI=1S/C11H24N5O2/c12-6-2-1-5-9(10(15)17)16-11(18)8(14)4-3-7-13/h8-9,15H,1-7,12-14H2,(H,16,18). The van der Waals surface area contributed by atoms with E-state index in [1.54, 1.807) is 0 Å². The molecule has 8 N–H and O–H groups in total. The SMILES string of the molecule is [NH]C(=O)C(CCCCN)NC(=O)C(N)CCCN. The van der Waals surface area contributed by atoms with Gasteiger partial charge in [0, 0.05) is 0 Å². The molecule has 0 saturated heterocycles. The molecule has 18 heavy (non-hydrogen) atoms. The first-order valence-corrected chi connectivity index (χ1v) is 6.24. The molecule has 0 aliphatic rings. The lowest BCUT2D eigenvalue weighted by Gasteiger charge is -2.18. The average Bonchev–Trinajstić information content (AvgIpc) is 2.34. The van der Waals surface area contributed by atoms with Gasteiger partial charge in [-0.05, 0) is 45.2 Å². The van der Waals surface area contributed by atoms with Crippen LogP contribution in [0.25, 0.3) is 0 Å². The lowest BCUT2D eigenvalue weighted by molar-refractivity contribution is -0.128. The van der Waals surface area contributed by atoms with Crippen LogP contribution in [0.3, 0.4) is 0 Å². The van der Waals surface area contributed by atoms with E-state index in [0.29, 0.717) is 38.8 Å². The van der Waals surface area contributed by atoms with Gasteiger partial charge in [0.1, 0.15) is 6.04 Å². The summed E-state index contributed by atoms with van der Waals surface area (Å²) in [6.07, 6.45) is 3.02. The van der Waals surface area contributed by atoms with Crippen molar-refractivity contribution in [1.82, 2.24) is 11.1 Å². The minimum Gasteiger partial charge on any atom is -0.343 e. The first-order valence-electron chi connectivity index (χ1n) is 6.24. The summed E-state index contributed by atoms with van der Waals surface area (Å²) in [4.78, 5) is 22.7. The van der Waals surface area contributed by atoms with E-state index in [4.69, 9.17) is 22.9 Å². The van der Waals surface area contributed by atoms with Crippen molar-refractivity contribution in [2.24, 2.45) is 17.2 Å². The zero-order valence-corrected chi connectivity index (χ0v) is 10.7. The predicted molar refractivity (Wildman–Crippen MR) is 69.2 cm³/mol. The summed E-state index contributed by atoms with van der Waals surface area (Å²) in [5, 5.41) is 2.50. The van der Waals surface area contributed by atoms with Gasteiger partial charge in [-0.1, -0.05) is 0 Å². The van der Waals surface area contributed by atoms with Crippen molar-refractivity contribution in [1.29, 1.82) is 0 Å². The molecule has 0 aromatic rings. The van der Waals surface area contributed by atoms with Crippen LogP contribution in [0.1, 0.15) is 32.1 Å². The Morgan fingerprint density at radius 1 is 1.06 bits per heavy atom. The van der Waals surface area contributed by atoms with Crippen LogP contribution in [0, 0.1) is 0 Å². The molecule has 1 radical (unpaired) electrons. The largest absolute Gasteiger partial charge is 0.343 e. The summed E-state index contributed by atoms with van der Waals surface area (Å²) >= 11 is 0. The second kappa shape index (κ2) is 9.81. The molecule has 7 heteroatoms. The Morgan fingerprint density at radius 3 is 2.17 bits per heavy atom. The fourth-order valence-corrected chi connectivity index (χ4v) is 1.51. The number of amides is 2. The molecule has 0 spiro atoms. The van der Waals surface area contributed by atoms with Crippen molar-refractivity contribution < 1.29 is 9.59 Å². The summed E-state index contributed by atoms with van der Waals surface area (Å²) in [5.74, 6) is -1.20. The number of unbranched alkanes of at least 4 members (excludes halogenated alkanes) is 1. The third-order valence-corrected chi connectivity index (χ3v) is 2.64. The van der Waals surface area contributed by atoms with Crippen LogP contribution in [0.5, 0.6) is 0 Å². The van der Waals surface area contributed by atoms with Crippen LogP contribution in [-0.4, -0.2) is 37.0 Å². The Labute approximate surface area is 108 Å². The van der Waals surface area contributed by atoms with Crippen LogP contribution >= 0.6 is 0 Å². The molecule has 0 aliphatic heterocycles. The maximum absolute atomic E-state index is 11.7. The highest BCUT2D eigenvalue weighted by Gasteiger charge is 2.21. The minimum absolute atomic E-state index is 0.401. The van der Waals surface area contributed by atoms with Crippen molar-refractivity contribution in [3.63, 3.8) is 0 Å². The number of nitrogens with two attached hydrogens (primary N) is 3. The lowest BCUT2D eigenvalue weighted by atomic mass is 10.1. The molecule has 0 heterocycles. The number of carbonyl (C=O) groups excluding carboxylic acids is 2. The van der Waals surface area contributed by atoms with E-state index < -0.39 is 23.9 Å². The van der Waals surface area contributed by atoms with Crippen molar-refractivity contribution >= 4 is 11.8 Å². The zero-order chi connectivity index (χ0) is 14.0. The Hall–Kier alpha value is -1.18. The van der Waals surface area contributed by atoms with Crippen molar-refractivity contribution in [2.45, 2.75) is 44.2 Å². The van der Waals surface area contributed by atoms with Crippen molar-refractivity contribution in [2.75, 3.05) is 13.1 Å². The summed E-state index contributed by atoms with van der Waals surface area (Å²) < 4.78 is 0. The summed E-state index contributed by atoms with van der Waals surface area (Å²) in [5.41, 5.74) is 23.4. The molecule has 2 atom stereocenters. The van der Waals surface area contributed by atoms with Crippen molar-refractivity contribution in [3.05, 3.63) is 0 Å². The fourth-order valence-electron chi connectivity index (χ4n) is 1.51. The summed E-state index contributed by atoms with van der Waals surface area (Å²) in [7, 11) is 0. The highest BCUT2D eigenvalue weighted by atomic mass is 16.2. The van der Waals surface area contributed by atoms with Crippen molar-refractivity contribution in [3.8, 4) is 0 Å². The maximum Gasteiger partial charge on any atom is 0.260 e. The van der Waals surface area contributed by atoms with Gasteiger partial charge in [0.15, 0.2) is 0 Å². The van der Waals surface area contributed by atoms with Gasteiger partial charge < -0.3 is 22.5 Å². The molecule has 2 unspecified atom stereocenters. The number of nitrogens with one attached hydrogen (secondary N) is 2. The molecule has 0 aliphatic carbocycles. The molecule has 2 amide bonds. The van der Waals surface area contributed by atoms with Gasteiger partial charge in [-0.15, -0.1) is 0 Å². The van der Waals surface area contributed by atoms with Crippen LogP contribution < -0.4 is 28.3 Å². The highest BCUT2D eigenvalue weighted by Crippen LogP contribution is 2.02. The monoisotopic (exact) mass is 258 g/mol. The van der Waals surface area contributed by atoms with Gasteiger partial charge in [0.2, 0.25) is 5.91 Å². The van der Waals surface area contributed by atoms with E-state index in [1.807, 2.05) is 0 Å². The second-order valence-corrected chi connectivity index (χ2v) is 4.25. The molecule has 0 aromatic carbocycles. The Bertz CT molecular complexity index is 260. The molecule has 105 valence electrons. The van der Waals surface area contributed by atoms with Gasteiger partial charge in [-0.3, -0.25) is 15.3 Å². The van der Waals surface area contributed by atoms with E-state index in [-0.39, 0.29) is 0 Å². The van der Waals surface area contributed by atoms with Crippen LogP contribution in [0.2, 0.25) is 0 Å². The molecule has 0 bridgehead atoms. The smallest absolute Gasteiger partial charge is 0.260 e. The molecule has 0 saturated carbocycles. The zero-order valence-electron chi connectivity index (χ0n) is 10.7. The van der Waals surface area contributed by atoms with E-state index in [0.717, 1.165) is 6.42 Å². The normalized spacial score (nSPS) is 13.9. The van der Waals surface area contributed by atoms with Gasteiger partial charge in [0.25, 0.3) is 5.91 Å². The topological polar surface area (TPSA) is 148 Å². The summed E-state index contributed by atoms with van der Waals surface area (Å²) in [6.45, 7) is 1.00. The Morgan fingerprint density at radius 2 is 1.67 bits per heavy atom. The van der Waals surface area contributed by atoms with E-state index in [1.165, 1.54) is 0 Å². The fraction of sp³-hybridized carbons (Fsp3) is 0.818. The number of rotatable bonds is 10. The van der Waals surface area contributed by atoms with E-state index >= 15 is 0 Å². The van der Waals surface area contributed by atoms with E-state index in [2.05, 4.69) is 5.32 Å². The summed E-state index contributed by atoms with van der Waals surface area (Å²) in [6, 6.07) is -1.46. The average molecular weight is 258 g/mol. The molecular weight excluding hydrogens is 234 g/mol. The molecule has 0 aromatic heterocycles. The highest BCUT2D eigenvalue weighted by molar-refractivity contribution is 5.88. The molecule has 7 nitrogen and oxygen atoms in total. The van der Waals surface area contributed by atoms with Crippen LogP contribution in [0.4, 0.5) is 0 Å². The van der Waals surface area contributed by atoms with Gasteiger partial charge in [-0.2, -0.15) is 0 Å². The minimum atomic E-state index is -0.800. The first-order chi connectivity index (χ1) is 8.52. The third-order valence-electron chi connectivity index (χ3n) is 2.64. The number of carbonyl (C=O) groups is 2. The second-order valence-electron chi connectivity index (χ2n) is 4.25. The molecular formula is C11H24N5O2. The molecule has 0 fully saturated rings. The molecule has 0 rings (SSSR count). The van der Waals surface area contributed by atoms with Gasteiger partial charge >= 0.3 is 0 Å².